The Morgan fingerprint density at radius 1 is 1.71 bits per heavy atom. The van der Waals surface area contributed by atoms with Crippen LogP contribution in [0.4, 0.5) is 4.39 Å². The SMILES string of the molecule is CCOC(=O)c1c(F)ncn1COC. The molecule has 0 aliphatic rings. The topological polar surface area (TPSA) is 53.3 Å². The van der Waals surface area contributed by atoms with Crippen LogP contribution in [-0.2, 0) is 16.2 Å². The quantitative estimate of drug-likeness (QED) is 0.678. The second kappa shape index (κ2) is 4.71. The summed E-state index contributed by atoms with van der Waals surface area (Å²) in [7, 11) is 1.44. The smallest absolute Gasteiger partial charge is 0.359 e. The normalized spacial score (nSPS) is 10.2. The number of halogens is 1. The fourth-order valence-corrected chi connectivity index (χ4v) is 0.996. The molecular formula is C8H11FN2O3. The van der Waals surface area contributed by atoms with Crippen molar-refractivity contribution in [3.8, 4) is 0 Å². The van der Waals surface area contributed by atoms with Gasteiger partial charge in [0, 0.05) is 7.11 Å². The van der Waals surface area contributed by atoms with Gasteiger partial charge in [-0.1, -0.05) is 0 Å². The minimum Gasteiger partial charge on any atom is -0.461 e. The molecule has 5 nitrogen and oxygen atoms in total. The van der Waals surface area contributed by atoms with Gasteiger partial charge in [0.25, 0.3) is 0 Å². The average molecular weight is 202 g/mol. The first-order valence-electron chi connectivity index (χ1n) is 4.07. The Balaban J connectivity index is 2.92. The van der Waals surface area contributed by atoms with Crippen LogP contribution in [0.2, 0.25) is 0 Å². The van der Waals surface area contributed by atoms with Crippen molar-refractivity contribution in [2.45, 2.75) is 13.7 Å². The Morgan fingerprint density at radius 2 is 2.43 bits per heavy atom. The van der Waals surface area contributed by atoms with Crippen molar-refractivity contribution in [3.05, 3.63) is 18.0 Å². The Morgan fingerprint density at radius 3 is 3.00 bits per heavy atom. The number of carbonyl (C=O) groups is 1. The Labute approximate surface area is 80.4 Å². The first kappa shape index (κ1) is 10.6. The Kier molecular flexibility index (Phi) is 3.58. The van der Waals surface area contributed by atoms with Crippen LogP contribution < -0.4 is 0 Å². The number of hydrogen-bond donors (Lipinski definition) is 0. The Hall–Kier alpha value is -1.43. The van der Waals surface area contributed by atoms with Crippen molar-refractivity contribution in [2.24, 2.45) is 0 Å². The standard InChI is InChI=1S/C8H11FN2O3/c1-3-14-8(12)6-7(9)10-4-11(6)5-13-2/h4H,3,5H2,1-2H3. The van der Waals surface area contributed by atoms with Crippen LogP contribution in [0.3, 0.4) is 0 Å². The van der Waals surface area contributed by atoms with Crippen molar-refractivity contribution < 1.29 is 18.7 Å². The highest BCUT2D eigenvalue weighted by atomic mass is 19.1. The molecule has 1 heterocycles. The molecule has 14 heavy (non-hydrogen) atoms. The number of hydrogen-bond acceptors (Lipinski definition) is 4. The fourth-order valence-electron chi connectivity index (χ4n) is 0.996. The molecule has 0 spiro atoms. The molecule has 0 amide bonds. The summed E-state index contributed by atoms with van der Waals surface area (Å²) >= 11 is 0. The molecule has 0 saturated heterocycles. The van der Waals surface area contributed by atoms with Gasteiger partial charge in [0.15, 0.2) is 5.69 Å². The minimum absolute atomic E-state index is 0.0606. The van der Waals surface area contributed by atoms with E-state index in [9.17, 15) is 9.18 Å². The molecule has 0 unspecified atom stereocenters. The number of esters is 1. The van der Waals surface area contributed by atoms with Crippen LogP contribution in [-0.4, -0.2) is 29.2 Å². The minimum atomic E-state index is -0.847. The van der Waals surface area contributed by atoms with E-state index in [1.165, 1.54) is 18.0 Å². The van der Waals surface area contributed by atoms with Crippen molar-refractivity contribution in [1.82, 2.24) is 9.55 Å². The number of carbonyl (C=O) groups excluding carboxylic acids is 1. The van der Waals surface area contributed by atoms with Crippen molar-refractivity contribution in [3.63, 3.8) is 0 Å². The van der Waals surface area contributed by atoms with Crippen molar-refractivity contribution >= 4 is 5.97 Å². The first-order valence-corrected chi connectivity index (χ1v) is 4.07. The number of imidazole rings is 1. The molecule has 78 valence electrons. The molecule has 0 atom stereocenters. The van der Waals surface area contributed by atoms with E-state index >= 15 is 0 Å². The van der Waals surface area contributed by atoms with Crippen LogP contribution >= 0.6 is 0 Å². The van der Waals surface area contributed by atoms with Gasteiger partial charge in [-0.3, -0.25) is 4.57 Å². The van der Waals surface area contributed by atoms with Crippen LogP contribution in [0.25, 0.3) is 0 Å². The van der Waals surface area contributed by atoms with E-state index in [2.05, 4.69) is 9.72 Å². The Bertz CT molecular complexity index is 324. The van der Waals surface area contributed by atoms with Gasteiger partial charge < -0.3 is 9.47 Å². The number of rotatable bonds is 4. The molecule has 1 aromatic heterocycles. The summed E-state index contributed by atoms with van der Waals surface area (Å²) in [4.78, 5) is 14.6. The van der Waals surface area contributed by atoms with Gasteiger partial charge in [0.1, 0.15) is 13.1 Å². The molecule has 6 heteroatoms. The molecule has 0 bridgehead atoms. The summed E-state index contributed by atoms with van der Waals surface area (Å²) < 4.78 is 23.7. The van der Waals surface area contributed by atoms with E-state index in [1.54, 1.807) is 6.92 Å². The number of nitrogens with zero attached hydrogens (tertiary/aromatic N) is 2. The predicted octanol–water partition coefficient (Wildman–Crippen LogP) is 0.803. The molecule has 0 N–H and O–H groups in total. The third-order valence-electron chi connectivity index (χ3n) is 1.53. The number of ether oxygens (including phenoxy) is 2. The number of aromatic nitrogens is 2. The average Bonchev–Trinajstić information content (AvgIpc) is 2.48. The fraction of sp³-hybridized carbons (Fsp3) is 0.500. The lowest BCUT2D eigenvalue weighted by molar-refractivity contribution is 0.0487. The largest absolute Gasteiger partial charge is 0.461 e. The van der Waals surface area contributed by atoms with Gasteiger partial charge in [0.05, 0.1) is 6.61 Å². The monoisotopic (exact) mass is 202 g/mol. The van der Waals surface area contributed by atoms with Crippen LogP contribution in [0.1, 0.15) is 17.4 Å². The molecule has 0 aromatic carbocycles. The molecular weight excluding hydrogens is 191 g/mol. The maximum Gasteiger partial charge on any atom is 0.359 e. The third kappa shape index (κ3) is 2.08. The maximum atomic E-state index is 13.0. The van der Waals surface area contributed by atoms with Crippen LogP contribution in [0.5, 0.6) is 0 Å². The molecule has 1 aromatic rings. The summed E-state index contributed by atoms with van der Waals surface area (Å²) in [5, 5.41) is 0. The summed E-state index contributed by atoms with van der Waals surface area (Å²) in [6.45, 7) is 1.90. The molecule has 0 saturated carbocycles. The highest BCUT2D eigenvalue weighted by Gasteiger charge is 2.19. The van der Waals surface area contributed by atoms with Gasteiger partial charge in [-0.15, -0.1) is 0 Å². The summed E-state index contributed by atoms with van der Waals surface area (Å²) in [6.07, 6.45) is 1.19. The zero-order valence-corrected chi connectivity index (χ0v) is 7.99. The lowest BCUT2D eigenvalue weighted by Gasteiger charge is -2.05. The van der Waals surface area contributed by atoms with Gasteiger partial charge in [0.2, 0.25) is 5.95 Å². The molecule has 0 aliphatic heterocycles. The van der Waals surface area contributed by atoms with E-state index in [1.807, 2.05) is 0 Å². The van der Waals surface area contributed by atoms with E-state index in [0.717, 1.165) is 0 Å². The first-order chi connectivity index (χ1) is 6.70. The summed E-state index contributed by atoms with van der Waals surface area (Å²) in [6, 6.07) is 0. The molecule has 0 radical (unpaired) electrons. The summed E-state index contributed by atoms with van der Waals surface area (Å²) in [5.41, 5.74) is -0.214. The van der Waals surface area contributed by atoms with Gasteiger partial charge >= 0.3 is 5.97 Å². The highest BCUT2D eigenvalue weighted by Crippen LogP contribution is 2.07. The third-order valence-corrected chi connectivity index (χ3v) is 1.53. The van der Waals surface area contributed by atoms with E-state index in [0.29, 0.717) is 0 Å². The molecule has 1 rings (SSSR count). The zero-order valence-electron chi connectivity index (χ0n) is 7.99. The van der Waals surface area contributed by atoms with Crippen molar-refractivity contribution in [1.29, 1.82) is 0 Å². The van der Waals surface area contributed by atoms with Gasteiger partial charge in [-0.25, -0.2) is 9.78 Å². The van der Waals surface area contributed by atoms with E-state index in [4.69, 9.17) is 4.74 Å². The van der Waals surface area contributed by atoms with Gasteiger partial charge in [-0.05, 0) is 6.92 Å². The van der Waals surface area contributed by atoms with E-state index < -0.39 is 11.9 Å². The maximum absolute atomic E-state index is 13.0. The van der Waals surface area contributed by atoms with Crippen LogP contribution in [0, 0.1) is 5.95 Å². The molecule has 0 aliphatic carbocycles. The second-order valence-corrected chi connectivity index (χ2v) is 2.49. The summed E-state index contributed by atoms with van der Waals surface area (Å²) in [5.74, 6) is -1.58. The predicted molar refractivity (Wildman–Crippen MR) is 45.2 cm³/mol. The number of methoxy groups -OCH3 is 1. The van der Waals surface area contributed by atoms with Crippen molar-refractivity contribution in [2.75, 3.05) is 13.7 Å². The van der Waals surface area contributed by atoms with E-state index in [-0.39, 0.29) is 19.0 Å². The zero-order chi connectivity index (χ0) is 10.6. The lowest BCUT2D eigenvalue weighted by atomic mass is 10.4. The second-order valence-electron chi connectivity index (χ2n) is 2.49. The van der Waals surface area contributed by atoms with Crippen LogP contribution in [0.15, 0.2) is 6.33 Å². The van der Waals surface area contributed by atoms with Gasteiger partial charge in [-0.2, -0.15) is 4.39 Å². The lowest BCUT2D eigenvalue weighted by Crippen LogP contribution is -2.14. The highest BCUT2D eigenvalue weighted by molar-refractivity contribution is 5.87. The molecule has 0 fully saturated rings.